The average molecular weight is 893 g/mol. The maximum Gasteiger partial charge on any atom is 0.308 e. The summed E-state index contributed by atoms with van der Waals surface area (Å²) in [6.45, 7) is 13.8. The van der Waals surface area contributed by atoms with Gasteiger partial charge < -0.3 is 19.5 Å². The van der Waals surface area contributed by atoms with E-state index in [4.69, 9.17) is 9.47 Å². The van der Waals surface area contributed by atoms with Crippen LogP contribution in [-0.4, -0.2) is 61.4 Å². The summed E-state index contributed by atoms with van der Waals surface area (Å²) in [7, 11) is 0. The van der Waals surface area contributed by atoms with Crippen molar-refractivity contribution in [1.82, 2.24) is 4.90 Å². The fraction of sp³-hybridized carbons (Fsp3) is 0.965. The van der Waals surface area contributed by atoms with E-state index in [9.17, 15) is 14.7 Å². The SMILES string of the molecule is CCCCCCCCCCC(CCCCCCCC)C(=O)OCCCCCCCN(CCCCO)CCCCCCOC(=O)C(CCCCCCCC)CCCCCCCCCC. The van der Waals surface area contributed by atoms with Gasteiger partial charge in [-0.2, -0.15) is 0 Å². The third-order valence-electron chi connectivity index (χ3n) is 13.6. The van der Waals surface area contributed by atoms with Gasteiger partial charge in [0.15, 0.2) is 0 Å². The number of esters is 2. The van der Waals surface area contributed by atoms with Gasteiger partial charge in [0.25, 0.3) is 0 Å². The van der Waals surface area contributed by atoms with E-state index in [1.165, 1.54) is 186 Å². The van der Waals surface area contributed by atoms with Crippen LogP contribution in [0.15, 0.2) is 0 Å². The van der Waals surface area contributed by atoms with Crippen LogP contribution >= 0.6 is 0 Å². The lowest BCUT2D eigenvalue weighted by molar-refractivity contribution is -0.150. The van der Waals surface area contributed by atoms with Gasteiger partial charge in [-0.3, -0.25) is 9.59 Å². The molecule has 2 atom stereocenters. The van der Waals surface area contributed by atoms with Crippen LogP contribution in [0.25, 0.3) is 0 Å². The molecule has 0 aromatic heterocycles. The summed E-state index contributed by atoms with van der Waals surface area (Å²) in [5.74, 6) is 0.326. The number of nitrogens with zero attached hydrogens (tertiary/aromatic N) is 1. The Morgan fingerprint density at radius 3 is 0.857 bits per heavy atom. The van der Waals surface area contributed by atoms with Crippen LogP contribution in [0.5, 0.6) is 0 Å². The molecule has 0 aliphatic carbocycles. The van der Waals surface area contributed by atoms with Crippen molar-refractivity contribution < 1.29 is 24.2 Å². The zero-order valence-corrected chi connectivity index (χ0v) is 43.3. The van der Waals surface area contributed by atoms with Crippen LogP contribution in [0.1, 0.15) is 304 Å². The Hall–Kier alpha value is -1.14. The summed E-state index contributed by atoms with van der Waals surface area (Å²) < 4.78 is 11.8. The molecule has 0 heterocycles. The van der Waals surface area contributed by atoms with E-state index >= 15 is 0 Å². The van der Waals surface area contributed by atoms with Crippen molar-refractivity contribution in [3.8, 4) is 0 Å². The van der Waals surface area contributed by atoms with Gasteiger partial charge in [-0.05, 0) is 83.8 Å². The highest BCUT2D eigenvalue weighted by molar-refractivity contribution is 5.72. The van der Waals surface area contributed by atoms with Crippen molar-refractivity contribution in [3.05, 3.63) is 0 Å². The minimum absolute atomic E-state index is 0.0689. The average Bonchev–Trinajstić information content (AvgIpc) is 3.29. The maximum atomic E-state index is 13.2. The van der Waals surface area contributed by atoms with E-state index in [2.05, 4.69) is 32.6 Å². The molecule has 0 radical (unpaired) electrons. The van der Waals surface area contributed by atoms with Crippen LogP contribution in [0.2, 0.25) is 0 Å². The molecule has 0 rings (SSSR count). The smallest absolute Gasteiger partial charge is 0.308 e. The Bertz CT molecular complexity index is 913. The Labute approximate surface area is 394 Å². The Morgan fingerprint density at radius 2 is 0.571 bits per heavy atom. The normalized spacial score (nSPS) is 12.6. The van der Waals surface area contributed by atoms with Gasteiger partial charge >= 0.3 is 11.9 Å². The van der Waals surface area contributed by atoms with E-state index in [1.807, 2.05) is 0 Å². The lowest BCUT2D eigenvalue weighted by atomic mass is 9.94. The minimum Gasteiger partial charge on any atom is -0.465 e. The zero-order chi connectivity index (χ0) is 45.9. The van der Waals surface area contributed by atoms with Gasteiger partial charge in [0.1, 0.15) is 0 Å². The first kappa shape index (κ1) is 61.9. The van der Waals surface area contributed by atoms with Gasteiger partial charge in [0.2, 0.25) is 0 Å². The molecule has 6 nitrogen and oxygen atoms in total. The topological polar surface area (TPSA) is 76.1 Å². The second-order valence-corrected chi connectivity index (χ2v) is 19.8. The minimum atomic E-state index is 0.0689. The quantitative estimate of drug-likeness (QED) is 0.0484. The summed E-state index contributed by atoms with van der Waals surface area (Å²) in [5, 5.41) is 9.39. The first-order chi connectivity index (χ1) is 31.0. The summed E-state index contributed by atoms with van der Waals surface area (Å²) in [6, 6.07) is 0. The standard InChI is InChI=1S/C57H113NO5/c1-5-9-13-17-21-23-28-36-46-54(44-34-26-19-15-11-7-3)56(60)62-52-42-32-25-30-38-48-58(50-40-41-51-59)49-39-31-33-43-53-63-57(61)55(45-35-27-20-16-12-8-4)47-37-29-24-22-18-14-10-6-2/h54-55,59H,5-53H2,1-4H3. The van der Waals surface area contributed by atoms with E-state index in [-0.39, 0.29) is 30.4 Å². The van der Waals surface area contributed by atoms with Crippen molar-refractivity contribution >= 4 is 11.9 Å². The molecule has 0 aliphatic rings. The van der Waals surface area contributed by atoms with Crippen LogP contribution in [0.3, 0.4) is 0 Å². The van der Waals surface area contributed by atoms with Gasteiger partial charge in [-0.25, -0.2) is 0 Å². The maximum absolute atomic E-state index is 13.2. The molecule has 0 amide bonds. The summed E-state index contributed by atoms with van der Waals surface area (Å²) >= 11 is 0. The lowest BCUT2D eigenvalue weighted by Crippen LogP contribution is -2.27. The number of hydrogen-bond donors (Lipinski definition) is 1. The van der Waals surface area contributed by atoms with Gasteiger partial charge in [0.05, 0.1) is 25.0 Å². The number of aliphatic hydroxyl groups excluding tert-OH is 1. The third-order valence-corrected chi connectivity index (χ3v) is 13.6. The molecule has 0 saturated heterocycles. The molecule has 2 unspecified atom stereocenters. The Balaban J connectivity index is 4.44. The number of carbonyl (C=O) groups is 2. The highest BCUT2D eigenvalue weighted by Crippen LogP contribution is 2.23. The molecular formula is C57H113NO5. The molecule has 0 aromatic rings. The van der Waals surface area contributed by atoms with Crippen molar-refractivity contribution in [2.24, 2.45) is 11.8 Å². The van der Waals surface area contributed by atoms with E-state index in [0.717, 1.165) is 110 Å². The van der Waals surface area contributed by atoms with Crippen molar-refractivity contribution in [2.45, 2.75) is 304 Å². The van der Waals surface area contributed by atoms with Gasteiger partial charge in [-0.1, -0.05) is 240 Å². The van der Waals surface area contributed by atoms with Crippen molar-refractivity contribution in [2.75, 3.05) is 39.5 Å². The summed E-state index contributed by atoms with van der Waals surface area (Å²) in [5.41, 5.74) is 0. The monoisotopic (exact) mass is 892 g/mol. The molecule has 0 bridgehead atoms. The second-order valence-electron chi connectivity index (χ2n) is 19.8. The molecule has 0 fully saturated rings. The van der Waals surface area contributed by atoms with E-state index in [0.29, 0.717) is 13.2 Å². The Kier molecular flexibility index (Phi) is 50.9. The molecular weight excluding hydrogens is 779 g/mol. The first-order valence-corrected chi connectivity index (χ1v) is 28.7. The second kappa shape index (κ2) is 51.8. The van der Waals surface area contributed by atoms with Crippen LogP contribution in [-0.2, 0) is 19.1 Å². The number of aliphatic hydroxyl groups is 1. The van der Waals surface area contributed by atoms with Crippen LogP contribution in [0.4, 0.5) is 0 Å². The van der Waals surface area contributed by atoms with Gasteiger partial charge in [0, 0.05) is 6.61 Å². The van der Waals surface area contributed by atoms with Crippen molar-refractivity contribution in [1.29, 1.82) is 0 Å². The highest BCUT2D eigenvalue weighted by Gasteiger charge is 2.20. The number of unbranched alkanes of at least 4 members (excludes halogenated alkanes) is 32. The molecule has 376 valence electrons. The molecule has 6 heteroatoms. The largest absolute Gasteiger partial charge is 0.465 e. The highest BCUT2D eigenvalue weighted by atomic mass is 16.5. The van der Waals surface area contributed by atoms with Crippen LogP contribution < -0.4 is 0 Å². The predicted octanol–water partition coefficient (Wildman–Crippen LogP) is 17.5. The predicted molar refractivity (Wildman–Crippen MR) is 274 cm³/mol. The summed E-state index contributed by atoms with van der Waals surface area (Å²) in [6.07, 6.45) is 52.3. The van der Waals surface area contributed by atoms with Crippen LogP contribution in [0, 0.1) is 11.8 Å². The molecule has 0 spiro atoms. The zero-order valence-electron chi connectivity index (χ0n) is 43.3. The number of hydrogen-bond acceptors (Lipinski definition) is 6. The van der Waals surface area contributed by atoms with Crippen molar-refractivity contribution in [3.63, 3.8) is 0 Å². The molecule has 0 aliphatic heterocycles. The molecule has 0 aromatic carbocycles. The lowest BCUT2D eigenvalue weighted by Gasteiger charge is -2.22. The first-order valence-electron chi connectivity index (χ1n) is 28.7. The van der Waals surface area contributed by atoms with E-state index < -0.39 is 0 Å². The Morgan fingerprint density at radius 1 is 0.333 bits per heavy atom. The number of rotatable bonds is 53. The fourth-order valence-corrected chi connectivity index (χ4v) is 9.27. The molecule has 63 heavy (non-hydrogen) atoms. The molecule has 0 saturated carbocycles. The molecule has 1 N–H and O–H groups in total. The van der Waals surface area contributed by atoms with E-state index in [1.54, 1.807) is 0 Å². The number of carbonyl (C=O) groups excluding carboxylic acids is 2. The third kappa shape index (κ3) is 44.5. The summed E-state index contributed by atoms with van der Waals surface area (Å²) in [4.78, 5) is 28.9. The fourth-order valence-electron chi connectivity index (χ4n) is 9.27. The number of ether oxygens (including phenoxy) is 2. The van der Waals surface area contributed by atoms with Gasteiger partial charge in [-0.15, -0.1) is 0 Å².